The smallest absolute Gasteiger partial charge is 0.298 e. The van der Waals surface area contributed by atoms with Crippen LogP contribution in [0.3, 0.4) is 0 Å². The minimum atomic E-state index is 0.435. The Morgan fingerprint density at radius 2 is 1.70 bits per heavy atom. The van der Waals surface area contributed by atoms with Crippen molar-refractivity contribution < 1.29 is 14.3 Å². The summed E-state index contributed by atoms with van der Waals surface area (Å²) in [5.41, 5.74) is 3.30. The van der Waals surface area contributed by atoms with Crippen molar-refractivity contribution in [2.75, 3.05) is 11.9 Å². The monoisotopic (exact) mass is 388 g/mol. The lowest BCUT2D eigenvalue weighted by molar-refractivity contribution is -0.120. The van der Waals surface area contributed by atoms with Crippen molar-refractivity contribution in [1.82, 2.24) is 0 Å². The quantitative estimate of drug-likeness (QED) is 0.455. The number of carbonyl (C=O) groups is 1. The summed E-state index contributed by atoms with van der Waals surface area (Å²) in [4.78, 5) is 10.2. The van der Waals surface area contributed by atoms with Gasteiger partial charge in [-0.05, 0) is 49.8 Å². The van der Waals surface area contributed by atoms with Crippen LogP contribution in [0, 0.1) is 25.4 Å². The molecule has 2 aromatic rings. The van der Waals surface area contributed by atoms with E-state index in [4.69, 9.17) is 10.00 Å². The van der Waals surface area contributed by atoms with Gasteiger partial charge in [-0.25, -0.2) is 0 Å². The van der Waals surface area contributed by atoms with Crippen LogP contribution >= 0.6 is 9.24 Å². The summed E-state index contributed by atoms with van der Waals surface area (Å²) in [7, 11) is 2.62. The molecule has 0 bridgehead atoms. The van der Waals surface area contributed by atoms with Gasteiger partial charge in [0.2, 0.25) is 0 Å². The third kappa shape index (κ3) is 10.2. The molecule has 0 saturated heterocycles. The van der Waals surface area contributed by atoms with Crippen molar-refractivity contribution in [3.8, 4) is 17.8 Å². The number of nitriles is 1. The Morgan fingerprint density at radius 3 is 2.19 bits per heavy atom. The zero-order valence-electron chi connectivity index (χ0n) is 16.7. The summed E-state index contributed by atoms with van der Waals surface area (Å²) < 4.78 is 9.36. The number of nitrogens with zero attached hydrogens (tertiary/aromatic N) is 1. The van der Waals surface area contributed by atoms with Gasteiger partial charge in [-0.3, -0.25) is 4.79 Å². The van der Waals surface area contributed by atoms with Crippen LogP contribution in [0.25, 0.3) is 0 Å². The van der Waals surface area contributed by atoms with Crippen molar-refractivity contribution in [1.29, 1.82) is 5.26 Å². The Labute approximate surface area is 164 Å². The van der Waals surface area contributed by atoms with E-state index in [1.54, 1.807) is 18.4 Å². The summed E-state index contributed by atoms with van der Waals surface area (Å²) in [5, 5.41) is 12.4. The van der Waals surface area contributed by atoms with Crippen molar-refractivity contribution >= 4 is 26.7 Å². The van der Waals surface area contributed by atoms with E-state index >= 15 is 0 Å². The number of rotatable bonds is 5. The standard InChI is InChI=1S/C10H14NO2P.C8H7NO.C3H8/c1-3-11-9-4-8(13-6-12)5-10(14)7(9)2;1-7-2-4-8(5-3-7)10-6-9;1-3-2/h4-6,11H,3,14H2,1-2H3;2-5H,1H3;3H2,1-2H3. The zero-order valence-corrected chi connectivity index (χ0v) is 17.9. The second-order valence-electron chi connectivity index (χ2n) is 5.64. The minimum Gasteiger partial charge on any atom is -0.429 e. The highest BCUT2D eigenvalue weighted by Crippen LogP contribution is 2.21. The number of carbonyl (C=O) groups excluding carboxylic acids is 1. The SMILES string of the molecule is CCC.CCNc1cc(OC=O)cc(P)c1C.Cc1ccc(OC#N)cc1. The van der Waals surface area contributed by atoms with Gasteiger partial charge in [-0.15, -0.1) is 14.5 Å². The number of hydrogen-bond acceptors (Lipinski definition) is 5. The largest absolute Gasteiger partial charge is 0.429 e. The highest BCUT2D eigenvalue weighted by Gasteiger charge is 2.04. The maximum absolute atomic E-state index is 10.2. The van der Waals surface area contributed by atoms with Crippen molar-refractivity contribution in [2.24, 2.45) is 0 Å². The minimum absolute atomic E-state index is 0.435. The highest BCUT2D eigenvalue weighted by atomic mass is 31.0. The fraction of sp³-hybridized carbons (Fsp3) is 0.333. The summed E-state index contributed by atoms with van der Waals surface area (Å²) in [6.07, 6.45) is 2.85. The Balaban J connectivity index is 0.000000455. The van der Waals surface area contributed by atoms with Crippen LogP contribution in [0.15, 0.2) is 36.4 Å². The van der Waals surface area contributed by atoms with Crippen LogP contribution in [-0.4, -0.2) is 13.0 Å². The molecule has 0 spiro atoms. The van der Waals surface area contributed by atoms with Crippen LogP contribution in [0.4, 0.5) is 5.69 Å². The summed E-state index contributed by atoms with van der Waals surface area (Å²) in [5.74, 6) is 1.15. The molecule has 0 fully saturated rings. The topological polar surface area (TPSA) is 71.3 Å². The van der Waals surface area contributed by atoms with E-state index in [1.807, 2.05) is 45.0 Å². The molecule has 0 radical (unpaired) electrons. The molecule has 27 heavy (non-hydrogen) atoms. The second-order valence-corrected chi connectivity index (χ2v) is 6.26. The van der Waals surface area contributed by atoms with Gasteiger partial charge < -0.3 is 14.8 Å². The first kappa shape index (κ1) is 24.4. The van der Waals surface area contributed by atoms with Gasteiger partial charge in [0.15, 0.2) is 0 Å². The Hall–Kier alpha value is -2.57. The molecular weight excluding hydrogens is 359 g/mol. The van der Waals surface area contributed by atoms with E-state index < -0.39 is 0 Å². The Kier molecular flexibility index (Phi) is 13.2. The average molecular weight is 388 g/mol. The number of aryl methyl sites for hydroxylation is 1. The van der Waals surface area contributed by atoms with Gasteiger partial charge in [-0.1, -0.05) is 38.0 Å². The van der Waals surface area contributed by atoms with Gasteiger partial charge in [0, 0.05) is 18.3 Å². The molecule has 1 atom stereocenters. The average Bonchev–Trinajstić information content (AvgIpc) is 2.63. The van der Waals surface area contributed by atoms with Gasteiger partial charge in [0.05, 0.1) is 0 Å². The molecule has 1 unspecified atom stereocenters. The highest BCUT2D eigenvalue weighted by molar-refractivity contribution is 7.27. The predicted octanol–water partition coefficient (Wildman–Crippen LogP) is 4.73. The first-order chi connectivity index (χ1) is 12.9. The van der Waals surface area contributed by atoms with E-state index in [9.17, 15) is 4.79 Å². The van der Waals surface area contributed by atoms with Gasteiger partial charge in [0.1, 0.15) is 11.5 Å². The second kappa shape index (κ2) is 14.6. The molecule has 0 aliphatic carbocycles. The lowest BCUT2D eigenvalue weighted by Gasteiger charge is -2.11. The van der Waals surface area contributed by atoms with E-state index in [1.165, 1.54) is 6.42 Å². The summed E-state index contributed by atoms with van der Waals surface area (Å²) in [6.45, 7) is 11.6. The summed E-state index contributed by atoms with van der Waals surface area (Å²) >= 11 is 0. The maximum atomic E-state index is 10.2. The molecule has 0 aromatic heterocycles. The van der Waals surface area contributed by atoms with Gasteiger partial charge in [-0.2, -0.15) is 0 Å². The molecular formula is C21H29N2O3P. The van der Waals surface area contributed by atoms with E-state index in [0.717, 1.165) is 28.7 Å². The number of hydrogen-bond donors (Lipinski definition) is 1. The molecule has 0 aliphatic heterocycles. The zero-order chi connectivity index (χ0) is 20.7. The van der Waals surface area contributed by atoms with E-state index in [2.05, 4.69) is 33.1 Å². The third-order valence-electron chi connectivity index (χ3n) is 3.16. The molecule has 0 aliphatic rings. The fourth-order valence-corrected chi connectivity index (χ4v) is 2.19. The predicted molar refractivity (Wildman–Crippen MR) is 115 cm³/mol. The molecule has 146 valence electrons. The molecule has 5 nitrogen and oxygen atoms in total. The molecule has 2 rings (SSSR count). The van der Waals surface area contributed by atoms with Crippen LogP contribution < -0.4 is 20.1 Å². The van der Waals surface area contributed by atoms with Crippen molar-refractivity contribution in [3.05, 3.63) is 47.5 Å². The number of ether oxygens (including phenoxy) is 2. The van der Waals surface area contributed by atoms with Crippen LogP contribution in [0.2, 0.25) is 0 Å². The first-order valence-corrected chi connectivity index (χ1v) is 9.37. The number of benzene rings is 2. The van der Waals surface area contributed by atoms with Crippen LogP contribution in [-0.2, 0) is 4.79 Å². The third-order valence-corrected chi connectivity index (χ3v) is 3.76. The van der Waals surface area contributed by atoms with Crippen molar-refractivity contribution in [3.63, 3.8) is 0 Å². The fourth-order valence-electron chi connectivity index (χ4n) is 1.87. The molecule has 0 saturated carbocycles. The first-order valence-electron chi connectivity index (χ1n) is 8.80. The lowest BCUT2D eigenvalue weighted by Crippen LogP contribution is -2.06. The molecule has 1 N–H and O–H groups in total. The van der Waals surface area contributed by atoms with Crippen LogP contribution in [0.1, 0.15) is 38.3 Å². The van der Waals surface area contributed by atoms with Gasteiger partial charge in [0.25, 0.3) is 12.7 Å². The van der Waals surface area contributed by atoms with E-state index in [-0.39, 0.29) is 0 Å². The van der Waals surface area contributed by atoms with E-state index in [0.29, 0.717) is 18.0 Å². The molecule has 2 aromatic carbocycles. The molecule has 0 amide bonds. The maximum Gasteiger partial charge on any atom is 0.298 e. The lowest BCUT2D eigenvalue weighted by atomic mass is 10.2. The van der Waals surface area contributed by atoms with Crippen LogP contribution in [0.5, 0.6) is 11.5 Å². The number of nitrogens with one attached hydrogen (secondary N) is 1. The summed E-state index contributed by atoms with van der Waals surface area (Å²) in [6, 6.07) is 11.0. The van der Waals surface area contributed by atoms with Crippen molar-refractivity contribution in [2.45, 2.75) is 41.0 Å². The number of anilines is 1. The normalized spacial score (nSPS) is 8.78. The Morgan fingerprint density at radius 1 is 1.11 bits per heavy atom. The molecule has 0 heterocycles. The molecule has 6 heteroatoms. The Bertz CT molecular complexity index is 725. The van der Waals surface area contributed by atoms with Gasteiger partial charge >= 0.3 is 0 Å².